The second kappa shape index (κ2) is 4.95. The minimum Gasteiger partial charge on any atom is -0.492 e. The molecule has 0 amide bonds. The summed E-state index contributed by atoms with van der Waals surface area (Å²) in [5.74, 6) is -0.210. The first kappa shape index (κ1) is 14.0. The number of nitrogens with one attached hydrogen (secondary N) is 1. The first-order chi connectivity index (χ1) is 9.40. The molecule has 108 valence electrons. The third-order valence-corrected chi connectivity index (χ3v) is 2.78. The van der Waals surface area contributed by atoms with Gasteiger partial charge in [0.2, 0.25) is 0 Å². The number of ether oxygens (including phenoxy) is 2. The highest BCUT2D eigenvalue weighted by atomic mass is 19.4. The maximum absolute atomic E-state index is 12.9. The fourth-order valence-electron chi connectivity index (χ4n) is 1.91. The van der Waals surface area contributed by atoms with Crippen molar-refractivity contribution in [2.75, 3.05) is 20.0 Å². The predicted molar refractivity (Wildman–Crippen MR) is 66.5 cm³/mol. The van der Waals surface area contributed by atoms with Crippen LogP contribution in [0.15, 0.2) is 18.3 Å². The number of anilines is 1. The number of nitrogens with two attached hydrogens (primary N) is 1. The number of H-pyrrole nitrogens is 1. The average molecular weight is 287 g/mol. The number of aromatic nitrogens is 2. The predicted octanol–water partition coefficient (Wildman–Crippen LogP) is 2.69. The summed E-state index contributed by atoms with van der Waals surface area (Å²) in [5.41, 5.74) is 5.56. The maximum Gasteiger partial charge on any atom is 0.420 e. The summed E-state index contributed by atoms with van der Waals surface area (Å²) in [5, 5.41) is 6.24. The molecule has 1 heterocycles. The first-order valence-electron chi connectivity index (χ1n) is 5.51. The number of nitrogens with zero attached hydrogens (tertiary/aromatic N) is 1. The fraction of sp³-hybridized carbons (Fsp3) is 0.250. The number of nitrogen functional groups attached to an aromatic ring is 1. The quantitative estimate of drug-likeness (QED) is 0.910. The summed E-state index contributed by atoms with van der Waals surface area (Å²) in [7, 11) is 2.41. The van der Waals surface area contributed by atoms with E-state index in [4.69, 9.17) is 15.2 Å². The Kier molecular flexibility index (Phi) is 3.47. The normalized spacial score (nSPS) is 11.4. The minimum atomic E-state index is -4.54. The van der Waals surface area contributed by atoms with Crippen LogP contribution < -0.4 is 15.2 Å². The van der Waals surface area contributed by atoms with E-state index in [0.29, 0.717) is 11.1 Å². The van der Waals surface area contributed by atoms with E-state index < -0.39 is 17.5 Å². The van der Waals surface area contributed by atoms with Crippen molar-refractivity contribution >= 4 is 5.82 Å². The lowest BCUT2D eigenvalue weighted by molar-refractivity contribution is -0.138. The van der Waals surface area contributed by atoms with Gasteiger partial charge in [0.15, 0.2) is 11.5 Å². The van der Waals surface area contributed by atoms with E-state index in [0.717, 1.165) is 13.2 Å². The Morgan fingerprint density at radius 3 is 2.20 bits per heavy atom. The van der Waals surface area contributed by atoms with Gasteiger partial charge in [-0.15, -0.1) is 0 Å². The Balaban J connectivity index is 2.71. The molecule has 0 saturated carbocycles. The smallest absolute Gasteiger partial charge is 0.420 e. The number of rotatable bonds is 3. The molecule has 1 aromatic carbocycles. The Morgan fingerprint density at radius 1 is 1.10 bits per heavy atom. The molecule has 8 heteroatoms. The van der Waals surface area contributed by atoms with Crippen molar-refractivity contribution in [3.8, 4) is 22.6 Å². The molecule has 0 unspecified atom stereocenters. The summed E-state index contributed by atoms with van der Waals surface area (Å²) in [6.07, 6.45) is -3.14. The van der Waals surface area contributed by atoms with Crippen molar-refractivity contribution in [1.82, 2.24) is 10.2 Å². The molecule has 1 aromatic heterocycles. The van der Waals surface area contributed by atoms with Crippen molar-refractivity contribution < 1.29 is 22.6 Å². The summed E-state index contributed by atoms with van der Waals surface area (Å²) in [6, 6.07) is 2.19. The molecule has 0 saturated heterocycles. The number of methoxy groups -OCH3 is 2. The zero-order chi connectivity index (χ0) is 14.9. The summed E-state index contributed by atoms with van der Waals surface area (Å²) >= 11 is 0. The number of halogens is 3. The van der Waals surface area contributed by atoms with Crippen molar-refractivity contribution in [3.05, 3.63) is 23.9 Å². The van der Waals surface area contributed by atoms with Crippen LogP contribution in [0.25, 0.3) is 11.1 Å². The SMILES string of the molecule is COc1c(-c2cn[nH]c2N)ccc(C(F)(F)F)c1OC. The summed E-state index contributed by atoms with van der Waals surface area (Å²) in [6.45, 7) is 0. The van der Waals surface area contributed by atoms with Crippen LogP contribution in [-0.4, -0.2) is 24.4 Å². The van der Waals surface area contributed by atoms with Crippen LogP contribution in [0.5, 0.6) is 11.5 Å². The topological polar surface area (TPSA) is 73.2 Å². The number of hydrogen-bond acceptors (Lipinski definition) is 4. The number of hydrogen-bond donors (Lipinski definition) is 2. The lowest BCUT2D eigenvalue weighted by atomic mass is 10.0. The Morgan fingerprint density at radius 2 is 1.75 bits per heavy atom. The molecule has 0 aliphatic heterocycles. The van der Waals surface area contributed by atoms with Gasteiger partial charge in [-0.2, -0.15) is 18.3 Å². The lowest BCUT2D eigenvalue weighted by Crippen LogP contribution is -2.09. The van der Waals surface area contributed by atoms with E-state index in [-0.39, 0.29) is 11.6 Å². The molecule has 0 radical (unpaired) electrons. The standard InChI is InChI=1S/C12H12F3N3O2/c1-19-9-6(7-5-17-18-11(7)16)3-4-8(10(9)20-2)12(13,14)15/h3-5H,1-2H3,(H3,16,17,18). The van der Waals surface area contributed by atoms with Gasteiger partial charge in [0.1, 0.15) is 11.4 Å². The van der Waals surface area contributed by atoms with Gasteiger partial charge in [0, 0.05) is 11.1 Å². The molecular weight excluding hydrogens is 275 g/mol. The van der Waals surface area contributed by atoms with E-state index >= 15 is 0 Å². The van der Waals surface area contributed by atoms with E-state index in [1.165, 1.54) is 19.4 Å². The summed E-state index contributed by atoms with van der Waals surface area (Å²) in [4.78, 5) is 0. The Hall–Kier alpha value is -2.38. The average Bonchev–Trinajstić information content (AvgIpc) is 2.81. The largest absolute Gasteiger partial charge is 0.492 e. The number of alkyl halides is 3. The second-order valence-corrected chi connectivity index (χ2v) is 3.92. The van der Waals surface area contributed by atoms with Crippen molar-refractivity contribution in [1.29, 1.82) is 0 Å². The number of benzene rings is 1. The van der Waals surface area contributed by atoms with Crippen LogP contribution in [-0.2, 0) is 6.18 Å². The van der Waals surface area contributed by atoms with Crippen LogP contribution in [0, 0.1) is 0 Å². The fourth-order valence-corrected chi connectivity index (χ4v) is 1.91. The Bertz CT molecular complexity index is 623. The first-order valence-corrected chi connectivity index (χ1v) is 5.51. The second-order valence-electron chi connectivity index (χ2n) is 3.92. The Labute approximate surface area is 112 Å². The highest BCUT2D eigenvalue weighted by molar-refractivity contribution is 5.81. The molecule has 20 heavy (non-hydrogen) atoms. The van der Waals surface area contributed by atoms with Gasteiger partial charge in [-0.05, 0) is 12.1 Å². The van der Waals surface area contributed by atoms with Gasteiger partial charge in [-0.1, -0.05) is 0 Å². The van der Waals surface area contributed by atoms with Gasteiger partial charge in [-0.3, -0.25) is 5.10 Å². The van der Waals surface area contributed by atoms with E-state index in [9.17, 15) is 13.2 Å². The van der Waals surface area contributed by atoms with Crippen LogP contribution in [0.3, 0.4) is 0 Å². The van der Waals surface area contributed by atoms with Crippen LogP contribution in [0.2, 0.25) is 0 Å². The monoisotopic (exact) mass is 287 g/mol. The molecule has 2 rings (SSSR count). The molecule has 0 aliphatic carbocycles. The third kappa shape index (κ3) is 2.24. The van der Waals surface area contributed by atoms with E-state index in [1.54, 1.807) is 0 Å². The zero-order valence-corrected chi connectivity index (χ0v) is 10.7. The lowest BCUT2D eigenvalue weighted by Gasteiger charge is -2.17. The molecule has 0 spiro atoms. The van der Waals surface area contributed by atoms with Crippen LogP contribution in [0.1, 0.15) is 5.56 Å². The minimum absolute atomic E-state index is 0.0459. The molecule has 2 aromatic rings. The van der Waals surface area contributed by atoms with Crippen molar-refractivity contribution in [3.63, 3.8) is 0 Å². The van der Waals surface area contributed by atoms with Crippen molar-refractivity contribution in [2.45, 2.75) is 6.18 Å². The van der Waals surface area contributed by atoms with Crippen LogP contribution in [0.4, 0.5) is 19.0 Å². The van der Waals surface area contributed by atoms with E-state index in [2.05, 4.69) is 10.2 Å². The molecular formula is C12H12F3N3O2. The highest BCUT2D eigenvalue weighted by Gasteiger charge is 2.36. The molecule has 0 fully saturated rings. The maximum atomic E-state index is 12.9. The highest BCUT2D eigenvalue weighted by Crippen LogP contribution is 2.46. The van der Waals surface area contributed by atoms with Gasteiger partial charge >= 0.3 is 6.18 Å². The van der Waals surface area contributed by atoms with Gasteiger partial charge < -0.3 is 15.2 Å². The summed E-state index contributed by atoms with van der Waals surface area (Å²) < 4.78 is 48.7. The van der Waals surface area contributed by atoms with Crippen molar-refractivity contribution in [2.24, 2.45) is 0 Å². The van der Waals surface area contributed by atoms with E-state index in [1.807, 2.05) is 0 Å². The molecule has 5 nitrogen and oxygen atoms in total. The van der Waals surface area contributed by atoms with Gasteiger partial charge in [0.05, 0.1) is 20.4 Å². The molecule has 0 atom stereocenters. The molecule has 3 N–H and O–H groups in total. The van der Waals surface area contributed by atoms with Gasteiger partial charge in [-0.25, -0.2) is 0 Å². The van der Waals surface area contributed by atoms with Crippen LogP contribution >= 0.6 is 0 Å². The molecule has 0 aliphatic rings. The third-order valence-electron chi connectivity index (χ3n) is 2.78. The molecule has 0 bridgehead atoms. The zero-order valence-electron chi connectivity index (χ0n) is 10.7. The number of aromatic amines is 1. The van der Waals surface area contributed by atoms with Gasteiger partial charge in [0.25, 0.3) is 0 Å².